The minimum atomic E-state index is -0.660. The molecule has 0 aliphatic rings. The molecule has 1 heterocycles. The van der Waals surface area contributed by atoms with Gasteiger partial charge >= 0.3 is 0 Å². The molecule has 4 nitrogen and oxygen atoms in total. The lowest BCUT2D eigenvalue weighted by Gasteiger charge is -2.11. The number of para-hydroxylation sites is 1. The van der Waals surface area contributed by atoms with Crippen molar-refractivity contribution < 1.29 is 8.78 Å². The van der Waals surface area contributed by atoms with E-state index < -0.39 is 11.6 Å². The van der Waals surface area contributed by atoms with Gasteiger partial charge in [0.25, 0.3) is 0 Å². The number of anilines is 3. The molecule has 112 valence electrons. The van der Waals surface area contributed by atoms with E-state index in [9.17, 15) is 8.78 Å². The Balaban J connectivity index is 2.20. The Morgan fingerprint density at radius 3 is 2.43 bits per heavy atom. The maximum absolute atomic E-state index is 13.6. The summed E-state index contributed by atoms with van der Waals surface area (Å²) in [4.78, 5) is 8.39. The third-order valence-corrected chi connectivity index (χ3v) is 2.89. The van der Waals surface area contributed by atoms with Crippen molar-refractivity contribution in [1.82, 2.24) is 9.97 Å². The van der Waals surface area contributed by atoms with E-state index in [4.69, 9.17) is 0 Å². The largest absolute Gasteiger partial charge is 0.370 e. The average Bonchev–Trinajstić information content (AvgIpc) is 2.43. The van der Waals surface area contributed by atoms with Crippen molar-refractivity contribution >= 4 is 17.3 Å². The van der Waals surface area contributed by atoms with Crippen LogP contribution in [0, 0.1) is 18.6 Å². The minimum Gasteiger partial charge on any atom is -0.370 e. The standard InChI is InChI=1S/C15H18F2N4/c1-3-4-8-18-13-9-14(20-10(2)19-13)21-15-11(16)6-5-7-12(15)17/h5-7,9H,3-4,8H2,1-2H3,(H2,18,19,20,21). The Labute approximate surface area is 122 Å². The van der Waals surface area contributed by atoms with Gasteiger partial charge in [-0.15, -0.1) is 0 Å². The summed E-state index contributed by atoms with van der Waals surface area (Å²) in [6.45, 7) is 4.62. The highest BCUT2D eigenvalue weighted by Crippen LogP contribution is 2.23. The number of hydrogen-bond acceptors (Lipinski definition) is 4. The van der Waals surface area contributed by atoms with Crippen molar-refractivity contribution in [1.29, 1.82) is 0 Å². The molecular weight excluding hydrogens is 274 g/mol. The number of nitrogens with one attached hydrogen (secondary N) is 2. The van der Waals surface area contributed by atoms with Crippen molar-refractivity contribution in [2.24, 2.45) is 0 Å². The van der Waals surface area contributed by atoms with Gasteiger partial charge in [0.05, 0.1) is 0 Å². The first-order valence-electron chi connectivity index (χ1n) is 6.90. The van der Waals surface area contributed by atoms with Crippen LogP contribution in [-0.2, 0) is 0 Å². The SMILES string of the molecule is CCCCNc1cc(Nc2c(F)cccc2F)nc(C)n1. The van der Waals surface area contributed by atoms with Gasteiger partial charge in [-0.3, -0.25) is 0 Å². The van der Waals surface area contributed by atoms with Crippen LogP contribution in [0.1, 0.15) is 25.6 Å². The van der Waals surface area contributed by atoms with Gasteiger partial charge in [-0.2, -0.15) is 0 Å². The molecule has 2 rings (SSSR count). The topological polar surface area (TPSA) is 49.8 Å². The van der Waals surface area contributed by atoms with Gasteiger partial charge in [-0.05, 0) is 25.5 Å². The van der Waals surface area contributed by atoms with Crippen molar-refractivity contribution in [3.05, 3.63) is 41.7 Å². The summed E-state index contributed by atoms with van der Waals surface area (Å²) in [5.41, 5.74) is -0.213. The third kappa shape index (κ3) is 4.11. The van der Waals surface area contributed by atoms with Crippen molar-refractivity contribution in [3.63, 3.8) is 0 Å². The average molecular weight is 292 g/mol. The monoisotopic (exact) mass is 292 g/mol. The van der Waals surface area contributed by atoms with E-state index in [1.54, 1.807) is 13.0 Å². The Bertz CT molecular complexity index is 596. The van der Waals surface area contributed by atoms with Gasteiger partial charge in [0.15, 0.2) is 0 Å². The number of nitrogens with zero attached hydrogens (tertiary/aromatic N) is 2. The van der Waals surface area contributed by atoms with Crippen LogP contribution in [0.4, 0.5) is 26.1 Å². The number of hydrogen-bond donors (Lipinski definition) is 2. The smallest absolute Gasteiger partial charge is 0.149 e. The molecule has 1 aromatic carbocycles. The van der Waals surface area contributed by atoms with E-state index in [2.05, 4.69) is 27.5 Å². The summed E-state index contributed by atoms with van der Waals surface area (Å²) in [6, 6.07) is 5.34. The predicted octanol–water partition coefficient (Wildman–Crippen LogP) is 4.02. The molecule has 21 heavy (non-hydrogen) atoms. The highest BCUT2D eigenvalue weighted by Gasteiger charge is 2.10. The molecular formula is C15H18F2N4. The summed E-state index contributed by atoms with van der Waals surface area (Å²) in [5, 5.41) is 5.83. The first kappa shape index (κ1) is 15.2. The Morgan fingerprint density at radius 1 is 1.10 bits per heavy atom. The fourth-order valence-corrected chi connectivity index (χ4v) is 1.86. The van der Waals surface area contributed by atoms with Crippen molar-refractivity contribution in [2.75, 3.05) is 17.2 Å². The summed E-state index contributed by atoms with van der Waals surface area (Å²) >= 11 is 0. The molecule has 0 unspecified atom stereocenters. The first-order valence-corrected chi connectivity index (χ1v) is 6.90. The second kappa shape index (κ2) is 6.97. The number of aryl methyl sites for hydroxylation is 1. The molecule has 6 heteroatoms. The second-order valence-electron chi connectivity index (χ2n) is 4.69. The quantitative estimate of drug-likeness (QED) is 0.790. The molecule has 0 amide bonds. The van der Waals surface area contributed by atoms with E-state index in [-0.39, 0.29) is 5.69 Å². The van der Waals surface area contributed by atoms with Gasteiger partial charge in [-0.1, -0.05) is 19.4 Å². The number of halogens is 2. The minimum absolute atomic E-state index is 0.213. The Hall–Kier alpha value is -2.24. The van der Waals surface area contributed by atoms with E-state index >= 15 is 0 Å². The number of rotatable bonds is 6. The maximum Gasteiger partial charge on any atom is 0.149 e. The lowest BCUT2D eigenvalue weighted by Crippen LogP contribution is -2.07. The van der Waals surface area contributed by atoms with Crippen LogP contribution < -0.4 is 10.6 Å². The zero-order chi connectivity index (χ0) is 15.2. The lowest BCUT2D eigenvalue weighted by atomic mass is 10.3. The van der Waals surface area contributed by atoms with Gasteiger partial charge in [0.2, 0.25) is 0 Å². The summed E-state index contributed by atoms with van der Waals surface area (Å²) in [6.07, 6.45) is 2.09. The van der Waals surface area contributed by atoms with E-state index in [1.807, 2.05) is 0 Å². The fraction of sp³-hybridized carbons (Fsp3) is 0.333. The Morgan fingerprint density at radius 2 is 1.76 bits per heavy atom. The number of aromatic nitrogens is 2. The molecule has 0 bridgehead atoms. The van der Waals surface area contributed by atoms with Gasteiger partial charge < -0.3 is 10.6 Å². The normalized spacial score (nSPS) is 10.5. The van der Waals surface area contributed by atoms with Crippen LogP contribution in [0.5, 0.6) is 0 Å². The molecule has 2 aromatic rings. The Kier molecular flexibility index (Phi) is 5.03. The first-order chi connectivity index (χ1) is 10.1. The molecule has 0 atom stereocenters. The molecule has 0 spiro atoms. The molecule has 0 saturated carbocycles. The van der Waals surface area contributed by atoms with Crippen LogP contribution >= 0.6 is 0 Å². The summed E-state index contributed by atoms with van der Waals surface area (Å²) < 4.78 is 27.2. The van der Waals surface area contributed by atoms with Crippen LogP contribution in [0.25, 0.3) is 0 Å². The summed E-state index contributed by atoms with van der Waals surface area (Å²) in [5.74, 6) is 0.190. The van der Waals surface area contributed by atoms with Gasteiger partial charge in [0, 0.05) is 12.6 Å². The lowest BCUT2D eigenvalue weighted by molar-refractivity contribution is 0.590. The van der Waals surface area contributed by atoms with Crippen LogP contribution in [0.15, 0.2) is 24.3 Å². The molecule has 0 fully saturated rings. The van der Waals surface area contributed by atoms with E-state index in [0.29, 0.717) is 17.5 Å². The highest BCUT2D eigenvalue weighted by atomic mass is 19.1. The number of benzene rings is 1. The van der Waals surface area contributed by atoms with Crippen LogP contribution in [0.2, 0.25) is 0 Å². The van der Waals surface area contributed by atoms with Crippen LogP contribution in [-0.4, -0.2) is 16.5 Å². The molecule has 1 aromatic heterocycles. The van der Waals surface area contributed by atoms with Crippen LogP contribution in [0.3, 0.4) is 0 Å². The molecule has 0 aliphatic carbocycles. The fourth-order valence-electron chi connectivity index (χ4n) is 1.86. The highest BCUT2D eigenvalue weighted by molar-refractivity contribution is 5.60. The third-order valence-electron chi connectivity index (χ3n) is 2.89. The van der Waals surface area contributed by atoms with Crippen molar-refractivity contribution in [3.8, 4) is 0 Å². The van der Waals surface area contributed by atoms with E-state index in [1.165, 1.54) is 18.2 Å². The summed E-state index contributed by atoms with van der Waals surface area (Å²) in [7, 11) is 0. The van der Waals surface area contributed by atoms with Gasteiger partial charge in [-0.25, -0.2) is 18.7 Å². The molecule has 2 N–H and O–H groups in total. The van der Waals surface area contributed by atoms with Crippen molar-refractivity contribution in [2.45, 2.75) is 26.7 Å². The van der Waals surface area contributed by atoms with E-state index in [0.717, 1.165) is 19.4 Å². The second-order valence-corrected chi connectivity index (χ2v) is 4.69. The maximum atomic E-state index is 13.6. The zero-order valence-electron chi connectivity index (χ0n) is 12.1. The zero-order valence-corrected chi connectivity index (χ0v) is 12.1. The van der Waals surface area contributed by atoms with Gasteiger partial charge in [0.1, 0.15) is 34.8 Å². The molecule has 0 saturated heterocycles. The molecule has 0 aliphatic heterocycles. The predicted molar refractivity (Wildman–Crippen MR) is 79.8 cm³/mol. The molecule has 0 radical (unpaired) electrons. The number of unbranched alkanes of at least 4 members (excludes halogenated alkanes) is 1.